The van der Waals surface area contributed by atoms with E-state index >= 15 is 0 Å². The Labute approximate surface area is 148 Å². The van der Waals surface area contributed by atoms with Gasteiger partial charge in [0.25, 0.3) is 0 Å². The summed E-state index contributed by atoms with van der Waals surface area (Å²) in [7, 11) is 3.87. The zero-order valence-corrected chi connectivity index (χ0v) is 15.4. The van der Waals surface area contributed by atoms with Crippen LogP contribution in [-0.4, -0.2) is 42.1 Å². The van der Waals surface area contributed by atoms with Gasteiger partial charge in [0.2, 0.25) is 0 Å². The van der Waals surface area contributed by atoms with Crippen molar-refractivity contribution >= 4 is 17.3 Å². The molecule has 0 aliphatic carbocycles. The molecule has 2 aromatic heterocycles. The summed E-state index contributed by atoms with van der Waals surface area (Å²) >= 11 is 1.85. The molecule has 6 heteroatoms. The van der Waals surface area contributed by atoms with Crippen molar-refractivity contribution in [2.75, 3.05) is 26.7 Å². The second-order valence-electron chi connectivity index (χ2n) is 6.27. The fraction of sp³-hybridized carbons (Fsp3) is 0.500. The molecular weight excluding hydrogens is 318 g/mol. The van der Waals surface area contributed by atoms with Gasteiger partial charge in [-0.25, -0.2) is 0 Å². The number of guanidine groups is 1. The van der Waals surface area contributed by atoms with Crippen LogP contribution >= 0.6 is 11.3 Å². The smallest absolute Gasteiger partial charge is 0.191 e. The molecule has 1 fully saturated rings. The lowest BCUT2D eigenvalue weighted by Gasteiger charge is -2.27. The van der Waals surface area contributed by atoms with Crippen molar-refractivity contribution in [3.63, 3.8) is 0 Å². The minimum absolute atomic E-state index is 0.433. The lowest BCUT2D eigenvalue weighted by Crippen LogP contribution is -2.42. The molecule has 0 aromatic carbocycles. The summed E-state index contributed by atoms with van der Waals surface area (Å²) in [5, 5.41) is 9.08. The van der Waals surface area contributed by atoms with Gasteiger partial charge < -0.3 is 15.2 Å². The van der Waals surface area contributed by atoms with Crippen LogP contribution in [0.25, 0.3) is 0 Å². The van der Waals surface area contributed by atoms with Crippen molar-refractivity contribution in [2.24, 2.45) is 12.0 Å². The fourth-order valence-electron chi connectivity index (χ4n) is 3.21. The molecule has 0 radical (unpaired) electrons. The van der Waals surface area contributed by atoms with Crippen molar-refractivity contribution in [2.45, 2.75) is 25.4 Å². The molecule has 3 heterocycles. The van der Waals surface area contributed by atoms with E-state index in [4.69, 9.17) is 0 Å². The van der Waals surface area contributed by atoms with Gasteiger partial charge in [0.1, 0.15) is 0 Å². The monoisotopic (exact) mass is 345 g/mol. The van der Waals surface area contributed by atoms with Gasteiger partial charge in [-0.05, 0) is 49.0 Å². The molecule has 1 aliphatic heterocycles. The Morgan fingerprint density at radius 3 is 2.75 bits per heavy atom. The Balaban J connectivity index is 1.56. The van der Waals surface area contributed by atoms with Crippen LogP contribution in [0.2, 0.25) is 0 Å². The second-order valence-corrected chi connectivity index (χ2v) is 7.25. The quantitative estimate of drug-likeness (QED) is 0.625. The highest BCUT2D eigenvalue weighted by molar-refractivity contribution is 7.10. The van der Waals surface area contributed by atoms with E-state index in [1.165, 1.54) is 36.4 Å². The van der Waals surface area contributed by atoms with E-state index in [0.717, 1.165) is 19.0 Å². The first-order valence-electron chi connectivity index (χ1n) is 8.59. The Kier molecular flexibility index (Phi) is 5.93. The molecular formula is C18H27N5S. The number of thiophene rings is 1. The predicted molar refractivity (Wildman–Crippen MR) is 101 cm³/mol. The third-order valence-electron chi connectivity index (χ3n) is 4.49. The standard InChI is InChI=1S/C18H27N5S/c1-19-18(20-12-15-7-10-22(2)14-15)21-13-16(17-6-5-11-24-17)23-8-3-4-9-23/h5-7,10-11,14,16H,3-4,8-9,12-13H2,1-2H3,(H2,19,20,21). The number of hydrogen-bond donors (Lipinski definition) is 2. The molecule has 2 aromatic rings. The van der Waals surface area contributed by atoms with Gasteiger partial charge in [-0.3, -0.25) is 9.89 Å². The highest BCUT2D eigenvalue weighted by atomic mass is 32.1. The van der Waals surface area contributed by atoms with Gasteiger partial charge in [-0.15, -0.1) is 11.3 Å². The van der Waals surface area contributed by atoms with E-state index in [0.29, 0.717) is 6.04 Å². The number of likely N-dealkylation sites (tertiary alicyclic amines) is 1. The maximum atomic E-state index is 4.36. The maximum Gasteiger partial charge on any atom is 0.191 e. The van der Waals surface area contributed by atoms with Crippen molar-refractivity contribution in [3.8, 4) is 0 Å². The summed E-state index contributed by atoms with van der Waals surface area (Å²) in [4.78, 5) is 8.38. The second kappa shape index (κ2) is 8.35. The summed E-state index contributed by atoms with van der Waals surface area (Å²) in [5.41, 5.74) is 1.26. The summed E-state index contributed by atoms with van der Waals surface area (Å²) in [5.74, 6) is 0.861. The third kappa shape index (κ3) is 4.39. The number of rotatable bonds is 6. The van der Waals surface area contributed by atoms with E-state index in [2.05, 4.69) is 61.1 Å². The number of aryl methyl sites for hydroxylation is 1. The summed E-state index contributed by atoms with van der Waals surface area (Å²) < 4.78 is 2.06. The fourth-order valence-corrected chi connectivity index (χ4v) is 4.07. The van der Waals surface area contributed by atoms with Crippen molar-refractivity contribution in [1.29, 1.82) is 0 Å². The minimum Gasteiger partial charge on any atom is -0.357 e. The number of aliphatic imine (C=N–C) groups is 1. The lowest BCUT2D eigenvalue weighted by molar-refractivity contribution is 0.249. The normalized spacial score (nSPS) is 17.2. The highest BCUT2D eigenvalue weighted by Gasteiger charge is 2.24. The predicted octanol–water partition coefficient (Wildman–Crippen LogP) is 2.59. The topological polar surface area (TPSA) is 44.6 Å². The van der Waals surface area contributed by atoms with Crippen LogP contribution in [0.1, 0.15) is 29.3 Å². The van der Waals surface area contributed by atoms with Gasteiger partial charge in [0.05, 0.1) is 6.04 Å². The molecule has 1 saturated heterocycles. The molecule has 5 nitrogen and oxygen atoms in total. The zero-order chi connectivity index (χ0) is 16.8. The van der Waals surface area contributed by atoms with E-state index in [1.807, 2.05) is 25.4 Å². The van der Waals surface area contributed by atoms with Gasteiger partial charge in [-0.1, -0.05) is 6.07 Å². The van der Waals surface area contributed by atoms with E-state index in [1.54, 1.807) is 0 Å². The van der Waals surface area contributed by atoms with E-state index in [9.17, 15) is 0 Å². The molecule has 3 rings (SSSR count). The maximum absolute atomic E-state index is 4.36. The molecule has 0 bridgehead atoms. The first-order valence-corrected chi connectivity index (χ1v) is 9.47. The molecule has 2 N–H and O–H groups in total. The lowest BCUT2D eigenvalue weighted by atomic mass is 10.2. The first-order chi connectivity index (χ1) is 11.8. The van der Waals surface area contributed by atoms with Crippen LogP contribution < -0.4 is 10.6 Å². The Morgan fingerprint density at radius 1 is 1.29 bits per heavy atom. The van der Waals surface area contributed by atoms with Gasteiger partial charge in [0, 0.05) is 44.5 Å². The minimum atomic E-state index is 0.433. The summed E-state index contributed by atoms with van der Waals surface area (Å²) in [6, 6.07) is 6.95. The highest BCUT2D eigenvalue weighted by Crippen LogP contribution is 2.27. The van der Waals surface area contributed by atoms with Crippen LogP contribution in [0.5, 0.6) is 0 Å². The van der Waals surface area contributed by atoms with Crippen LogP contribution in [0, 0.1) is 0 Å². The van der Waals surface area contributed by atoms with Gasteiger partial charge >= 0.3 is 0 Å². The van der Waals surface area contributed by atoms with Crippen LogP contribution in [0.15, 0.2) is 41.0 Å². The molecule has 1 atom stereocenters. The number of hydrogen-bond acceptors (Lipinski definition) is 3. The Morgan fingerprint density at radius 2 is 2.12 bits per heavy atom. The molecule has 0 spiro atoms. The number of nitrogens with one attached hydrogen (secondary N) is 2. The summed E-state index contributed by atoms with van der Waals surface area (Å²) in [6.45, 7) is 4.06. The largest absolute Gasteiger partial charge is 0.357 e. The van der Waals surface area contributed by atoms with Gasteiger partial charge in [0.15, 0.2) is 5.96 Å². The van der Waals surface area contributed by atoms with Crippen LogP contribution in [0.3, 0.4) is 0 Å². The van der Waals surface area contributed by atoms with Crippen LogP contribution in [-0.2, 0) is 13.6 Å². The first kappa shape index (κ1) is 17.0. The van der Waals surface area contributed by atoms with E-state index in [-0.39, 0.29) is 0 Å². The molecule has 1 unspecified atom stereocenters. The third-order valence-corrected chi connectivity index (χ3v) is 5.47. The molecule has 130 valence electrons. The van der Waals surface area contributed by atoms with Crippen molar-refractivity contribution in [3.05, 3.63) is 46.4 Å². The zero-order valence-electron chi connectivity index (χ0n) is 14.5. The summed E-state index contributed by atoms with van der Waals surface area (Å²) in [6.07, 6.45) is 6.80. The molecule has 0 amide bonds. The SMILES string of the molecule is CN=C(NCc1ccn(C)c1)NCC(c1cccs1)N1CCCC1. The number of nitrogens with zero attached hydrogens (tertiary/aromatic N) is 3. The van der Waals surface area contributed by atoms with Crippen molar-refractivity contribution in [1.82, 2.24) is 20.1 Å². The molecule has 24 heavy (non-hydrogen) atoms. The Hall–Kier alpha value is -1.79. The molecule has 0 saturated carbocycles. The van der Waals surface area contributed by atoms with Crippen molar-refractivity contribution < 1.29 is 0 Å². The van der Waals surface area contributed by atoms with E-state index < -0.39 is 0 Å². The molecule has 1 aliphatic rings. The Bertz CT molecular complexity index is 640. The van der Waals surface area contributed by atoms with Crippen LogP contribution in [0.4, 0.5) is 0 Å². The average molecular weight is 346 g/mol. The number of aromatic nitrogens is 1. The average Bonchev–Trinajstić information content (AvgIpc) is 3.33. The van der Waals surface area contributed by atoms with Gasteiger partial charge in [-0.2, -0.15) is 0 Å².